The van der Waals surface area contributed by atoms with Crippen LogP contribution >= 0.6 is 11.6 Å². The van der Waals surface area contributed by atoms with Crippen molar-refractivity contribution in [3.8, 4) is 0 Å². The molecule has 0 bridgehead atoms. The lowest BCUT2D eigenvalue weighted by atomic mass is 10.0. The summed E-state index contributed by atoms with van der Waals surface area (Å²) in [5, 5.41) is 3.15. The number of amides is 1. The first-order valence-electron chi connectivity index (χ1n) is 10.1. The van der Waals surface area contributed by atoms with E-state index in [9.17, 15) is 4.79 Å². The zero-order valence-corrected chi connectivity index (χ0v) is 17.5. The number of carbonyl (C=O) groups excluding carboxylic acids is 1. The first-order chi connectivity index (χ1) is 13.6. The van der Waals surface area contributed by atoms with Gasteiger partial charge in [-0.3, -0.25) is 9.69 Å². The molecule has 1 heterocycles. The van der Waals surface area contributed by atoms with Gasteiger partial charge in [-0.1, -0.05) is 37.3 Å². The number of halogens is 1. The smallest absolute Gasteiger partial charge is 0.251 e. The van der Waals surface area contributed by atoms with Crippen LogP contribution in [0.1, 0.15) is 41.7 Å². The number of nitrogens with one attached hydrogen (secondary N) is 1. The molecular formula is C23H30ClN3O. The van der Waals surface area contributed by atoms with Crippen molar-refractivity contribution >= 4 is 23.2 Å². The van der Waals surface area contributed by atoms with E-state index < -0.39 is 0 Å². The van der Waals surface area contributed by atoms with Gasteiger partial charge in [-0.2, -0.15) is 0 Å². The van der Waals surface area contributed by atoms with Gasteiger partial charge in [-0.05, 0) is 42.7 Å². The van der Waals surface area contributed by atoms with E-state index in [-0.39, 0.29) is 11.3 Å². The highest BCUT2D eigenvalue weighted by molar-refractivity contribution is 6.20. The second kappa shape index (κ2) is 9.94. The summed E-state index contributed by atoms with van der Waals surface area (Å²) in [5.74, 6) is -0.0107. The first-order valence-corrected chi connectivity index (χ1v) is 10.5. The van der Waals surface area contributed by atoms with Crippen LogP contribution in [0.2, 0.25) is 0 Å². The monoisotopic (exact) mass is 399 g/mol. The van der Waals surface area contributed by atoms with Gasteiger partial charge in [-0.15, -0.1) is 11.6 Å². The fourth-order valence-corrected chi connectivity index (χ4v) is 3.98. The maximum Gasteiger partial charge on any atom is 0.251 e. The second-order valence-corrected chi connectivity index (χ2v) is 8.11. The highest BCUT2D eigenvalue weighted by atomic mass is 35.5. The molecule has 1 amide bonds. The molecule has 1 aliphatic heterocycles. The van der Waals surface area contributed by atoms with E-state index in [4.69, 9.17) is 11.6 Å². The van der Waals surface area contributed by atoms with Gasteiger partial charge >= 0.3 is 0 Å². The molecule has 0 radical (unpaired) electrons. The van der Waals surface area contributed by atoms with Crippen molar-refractivity contribution in [2.75, 3.05) is 38.1 Å². The number of anilines is 1. The number of carbonyl (C=O) groups is 1. The van der Waals surface area contributed by atoms with Crippen molar-refractivity contribution < 1.29 is 4.79 Å². The Bertz CT molecular complexity index is 750. The van der Waals surface area contributed by atoms with Gasteiger partial charge in [0.2, 0.25) is 0 Å². The number of nitrogens with zero attached hydrogens (tertiary/aromatic N) is 2. The Morgan fingerprint density at radius 3 is 2.54 bits per heavy atom. The maximum absolute atomic E-state index is 12.1. The van der Waals surface area contributed by atoms with Gasteiger partial charge in [0.1, 0.15) is 0 Å². The van der Waals surface area contributed by atoms with Crippen molar-refractivity contribution in [2.24, 2.45) is 0 Å². The molecule has 1 fully saturated rings. The summed E-state index contributed by atoms with van der Waals surface area (Å²) in [4.78, 5) is 16.8. The molecule has 1 aliphatic rings. The van der Waals surface area contributed by atoms with Crippen LogP contribution < -0.4 is 10.2 Å². The van der Waals surface area contributed by atoms with Crippen LogP contribution in [0.4, 0.5) is 5.69 Å². The molecule has 1 saturated heterocycles. The van der Waals surface area contributed by atoms with E-state index in [1.807, 2.05) is 31.2 Å². The van der Waals surface area contributed by atoms with Crippen LogP contribution in [0.15, 0.2) is 54.6 Å². The highest BCUT2D eigenvalue weighted by Crippen LogP contribution is 2.29. The predicted molar refractivity (Wildman–Crippen MR) is 117 cm³/mol. The number of likely N-dealkylation sites (tertiary alicyclic amines) is 1. The maximum atomic E-state index is 12.1. The van der Waals surface area contributed by atoms with Crippen LogP contribution in [-0.2, 0) is 0 Å². The quantitative estimate of drug-likeness (QED) is 0.671. The SMILES string of the molecule is CCCNC(=O)c1ccc(N(C)C[C@@H](c2ccccc2)N2CC[C@H](Cl)C2)cc1. The Hall–Kier alpha value is -2.04. The summed E-state index contributed by atoms with van der Waals surface area (Å²) in [6.07, 6.45) is 1.98. The summed E-state index contributed by atoms with van der Waals surface area (Å²) >= 11 is 6.38. The van der Waals surface area contributed by atoms with Crippen molar-refractivity contribution in [1.82, 2.24) is 10.2 Å². The van der Waals surface area contributed by atoms with Crippen molar-refractivity contribution in [2.45, 2.75) is 31.2 Å². The van der Waals surface area contributed by atoms with Gasteiger partial charge in [0, 0.05) is 49.9 Å². The molecule has 0 aromatic heterocycles. The van der Waals surface area contributed by atoms with Crippen molar-refractivity contribution in [3.63, 3.8) is 0 Å². The highest BCUT2D eigenvalue weighted by Gasteiger charge is 2.29. The average molecular weight is 400 g/mol. The molecule has 2 atom stereocenters. The lowest BCUT2D eigenvalue weighted by molar-refractivity contribution is 0.0953. The molecule has 4 nitrogen and oxygen atoms in total. The third kappa shape index (κ3) is 5.27. The Morgan fingerprint density at radius 1 is 1.21 bits per heavy atom. The van der Waals surface area contributed by atoms with Gasteiger partial charge in [0.25, 0.3) is 5.91 Å². The van der Waals surface area contributed by atoms with E-state index >= 15 is 0 Å². The third-order valence-electron chi connectivity index (χ3n) is 5.34. The van der Waals surface area contributed by atoms with Crippen LogP contribution in [0.5, 0.6) is 0 Å². The third-order valence-corrected chi connectivity index (χ3v) is 5.70. The van der Waals surface area contributed by atoms with E-state index in [1.54, 1.807) is 0 Å². The molecule has 2 aromatic carbocycles. The summed E-state index contributed by atoms with van der Waals surface area (Å²) < 4.78 is 0. The molecule has 3 rings (SSSR count). The number of likely N-dealkylation sites (N-methyl/N-ethyl adjacent to an activating group) is 1. The Morgan fingerprint density at radius 2 is 1.93 bits per heavy atom. The van der Waals surface area contributed by atoms with Gasteiger partial charge in [0.05, 0.1) is 6.04 Å². The fourth-order valence-electron chi connectivity index (χ4n) is 3.71. The molecule has 150 valence electrons. The number of hydrogen-bond acceptors (Lipinski definition) is 3. The standard InChI is InChI=1S/C23H30ClN3O/c1-3-14-25-23(28)19-9-11-21(12-10-19)26(2)17-22(18-7-5-4-6-8-18)27-15-13-20(24)16-27/h4-12,20,22H,3,13-17H2,1-2H3,(H,25,28)/t20-,22-/m0/s1. The minimum Gasteiger partial charge on any atom is -0.373 e. The van der Waals surface area contributed by atoms with E-state index in [1.165, 1.54) is 5.56 Å². The minimum atomic E-state index is -0.0107. The lowest BCUT2D eigenvalue weighted by Crippen LogP contribution is -2.35. The molecule has 0 saturated carbocycles. The Labute approximate surface area is 173 Å². The zero-order chi connectivity index (χ0) is 19.9. The number of hydrogen-bond donors (Lipinski definition) is 1. The largest absolute Gasteiger partial charge is 0.373 e. The number of alkyl halides is 1. The number of rotatable bonds is 8. The zero-order valence-electron chi connectivity index (χ0n) is 16.8. The molecule has 5 heteroatoms. The van der Waals surface area contributed by atoms with Crippen molar-refractivity contribution in [3.05, 3.63) is 65.7 Å². The lowest BCUT2D eigenvalue weighted by Gasteiger charge is -2.33. The molecular weight excluding hydrogens is 370 g/mol. The van der Waals surface area contributed by atoms with E-state index in [2.05, 4.69) is 52.5 Å². The fraction of sp³-hybridized carbons (Fsp3) is 0.435. The van der Waals surface area contributed by atoms with Gasteiger partial charge < -0.3 is 10.2 Å². The Kier molecular flexibility index (Phi) is 7.35. The van der Waals surface area contributed by atoms with E-state index in [0.29, 0.717) is 18.2 Å². The summed E-state index contributed by atoms with van der Waals surface area (Å²) in [6.45, 7) is 5.57. The minimum absolute atomic E-state index is 0.0107. The first kappa shape index (κ1) is 20.7. The van der Waals surface area contributed by atoms with E-state index in [0.717, 1.165) is 38.2 Å². The normalized spacial score (nSPS) is 18.0. The average Bonchev–Trinajstić information content (AvgIpc) is 3.16. The molecule has 0 unspecified atom stereocenters. The van der Waals surface area contributed by atoms with Crippen LogP contribution in [0, 0.1) is 0 Å². The summed E-state index contributed by atoms with van der Waals surface area (Å²) in [6, 6.07) is 18.8. The molecule has 28 heavy (non-hydrogen) atoms. The molecule has 1 N–H and O–H groups in total. The van der Waals surface area contributed by atoms with Crippen LogP contribution in [-0.4, -0.2) is 49.4 Å². The van der Waals surface area contributed by atoms with Crippen LogP contribution in [0.3, 0.4) is 0 Å². The van der Waals surface area contributed by atoms with Gasteiger partial charge in [0.15, 0.2) is 0 Å². The number of benzene rings is 2. The second-order valence-electron chi connectivity index (χ2n) is 7.49. The summed E-state index contributed by atoms with van der Waals surface area (Å²) in [5.41, 5.74) is 3.13. The van der Waals surface area contributed by atoms with Gasteiger partial charge in [-0.25, -0.2) is 0 Å². The molecule has 2 aromatic rings. The summed E-state index contributed by atoms with van der Waals surface area (Å²) in [7, 11) is 2.11. The topological polar surface area (TPSA) is 35.6 Å². The van der Waals surface area contributed by atoms with Crippen molar-refractivity contribution in [1.29, 1.82) is 0 Å². The Balaban J connectivity index is 1.71. The molecule has 0 aliphatic carbocycles. The molecule has 0 spiro atoms. The predicted octanol–water partition coefficient (Wildman–Crippen LogP) is 4.32. The van der Waals surface area contributed by atoms with Crippen LogP contribution in [0.25, 0.3) is 0 Å².